The van der Waals surface area contributed by atoms with Crippen molar-refractivity contribution in [2.24, 2.45) is 29.2 Å². The summed E-state index contributed by atoms with van der Waals surface area (Å²) < 4.78 is 0. The van der Waals surface area contributed by atoms with Crippen LogP contribution >= 0.6 is 0 Å². The number of aromatic amines is 1. The van der Waals surface area contributed by atoms with Gasteiger partial charge in [0.15, 0.2) is 0 Å². The van der Waals surface area contributed by atoms with Gasteiger partial charge in [-0.15, -0.1) is 0 Å². The van der Waals surface area contributed by atoms with E-state index in [9.17, 15) is 73.2 Å². The first-order valence-electron chi connectivity index (χ1n) is 26.0. The van der Waals surface area contributed by atoms with Crippen molar-refractivity contribution in [2.45, 2.75) is 167 Å². The number of hydrogen-bond acceptors (Lipinski definition) is 14. The first-order chi connectivity index (χ1) is 36.3. The van der Waals surface area contributed by atoms with Crippen LogP contribution in [0.25, 0.3) is 10.9 Å². The Balaban J connectivity index is 1.82. The normalized spacial score (nSPS) is 16.9. The number of fused-ring (bicyclic) bond motifs is 1. The molecular weight excluding hydrogens is 1010 g/mol. The van der Waals surface area contributed by atoms with Crippen LogP contribution in [-0.2, 0) is 59.2 Å². The lowest BCUT2D eigenvalue weighted by atomic mass is 9.96. The summed E-state index contributed by atoms with van der Waals surface area (Å²) in [6.07, 6.45) is 0.712. The van der Waals surface area contributed by atoms with Crippen molar-refractivity contribution in [3.05, 3.63) is 36.0 Å². The smallest absolute Gasteiger partial charge is 0.326 e. The third-order valence-electron chi connectivity index (χ3n) is 13.4. The summed E-state index contributed by atoms with van der Waals surface area (Å²) in [5, 5.41) is 57.2. The van der Waals surface area contributed by atoms with Gasteiger partial charge in [-0.3, -0.25) is 47.9 Å². The van der Waals surface area contributed by atoms with E-state index in [1.807, 2.05) is 27.7 Å². The zero-order chi connectivity index (χ0) is 57.7. The Morgan fingerprint density at radius 3 is 1.87 bits per heavy atom. The van der Waals surface area contributed by atoms with E-state index in [1.54, 1.807) is 44.3 Å². The number of aliphatic carboxylic acids is 3. The summed E-state index contributed by atoms with van der Waals surface area (Å²) in [7, 11) is 0. The topological polar surface area (TPSA) is 424 Å². The molecule has 1 aromatic heterocycles. The van der Waals surface area contributed by atoms with Crippen molar-refractivity contribution >= 4 is 76.1 Å². The maximum absolute atomic E-state index is 14.3. The van der Waals surface area contributed by atoms with Gasteiger partial charge in [0.1, 0.15) is 48.3 Å². The molecule has 0 unspecified atom stereocenters. The monoisotopic (exact) mass is 1090 g/mol. The van der Waals surface area contributed by atoms with Crippen LogP contribution in [0.3, 0.4) is 0 Å². The van der Waals surface area contributed by atoms with Crippen LogP contribution in [-0.4, -0.2) is 170 Å². The number of benzene rings is 1. The van der Waals surface area contributed by atoms with Crippen molar-refractivity contribution in [3.63, 3.8) is 0 Å². The van der Waals surface area contributed by atoms with Crippen LogP contribution in [0.15, 0.2) is 30.5 Å². The van der Waals surface area contributed by atoms with Gasteiger partial charge in [0.25, 0.3) is 0 Å². The Labute approximate surface area is 446 Å². The lowest BCUT2D eigenvalue weighted by Gasteiger charge is -2.32. The van der Waals surface area contributed by atoms with Gasteiger partial charge in [0.05, 0.1) is 19.1 Å². The fraction of sp³-hybridized carbons (Fsp3) is 0.627. The largest absolute Gasteiger partial charge is 0.481 e. The Morgan fingerprint density at radius 2 is 1.29 bits per heavy atom. The standard InChI is InChI=1S/C51H79N11O15/c1-7-28(6)41(53)48(73)61-42(27(4)5)49(74)58-35(21-26(2)3)50(75)62-20-12-16-38(62)47(72)56-33(17-18-39(64)65)44(69)55-32(15-10-11-19-52)43(68)57-34(23-40(66)67)45(70)60-37(25-63)46(71)59-36(51(76)77)22-29-24-54-31-14-9-8-13-30(29)31/h8-9,13-14,24,26-28,32-38,41-42,54,63H,7,10-12,15-23,25,52-53H2,1-6H3,(H,55,69)(H,56,72)(H,57,68)(H,58,74)(H,59,71)(H,60,70)(H,61,73)(H,64,65)(H,66,67)(H,76,77)/t28-,32-,33-,34-,35-,36-,37-,38-,41-,42-/m0/s1. The van der Waals surface area contributed by atoms with Crippen molar-refractivity contribution < 1.29 is 73.2 Å². The fourth-order valence-corrected chi connectivity index (χ4v) is 8.71. The molecule has 428 valence electrons. The van der Waals surface area contributed by atoms with Gasteiger partial charge in [-0.05, 0) is 80.9 Å². The summed E-state index contributed by atoms with van der Waals surface area (Å²) in [5.41, 5.74) is 13.1. The van der Waals surface area contributed by atoms with E-state index in [-0.39, 0.29) is 57.0 Å². The predicted molar refractivity (Wildman–Crippen MR) is 279 cm³/mol. The molecule has 1 aromatic carbocycles. The molecule has 1 saturated heterocycles. The van der Waals surface area contributed by atoms with Gasteiger partial charge in [-0.2, -0.15) is 0 Å². The molecule has 0 spiro atoms. The fourth-order valence-electron chi connectivity index (χ4n) is 8.71. The number of hydrogen-bond donors (Lipinski definition) is 14. The quantitative estimate of drug-likeness (QED) is 0.0370. The van der Waals surface area contributed by atoms with Crippen LogP contribution in [0, 0.1) is 17.8 Å². The van der Waals surface area contributed by atoms with E-state index in [4.69, 9.17) is 11.5 Å². The molecule has 0 bridgehead atoms. The first-order valence-corrected chi connectivity index (χ1v) is 26.0. The second-order valence-electron chi connectivity index (χ2n) is 20.2. The molecule has 2 heterocycles. The number of nitrogens with one attached hydrogen (secondary N) is 8. The number of carboxylic acid groups (broad SMARTS) is 3. The van der Waals surface area contributed by atoms with Crippen LogP contribution in [0.4, 0.5) is 0 Å². The number of nitrogens with two attached hydrogens (primary N) is 2. The number of aliphatic hydroxyl groups excluding tert-OH is 1. The van der Waals surface area contributed by atoms with Gasteiger partial charge in [-0.1, -0.05) is 66.2 Å². The SMILES string of the molecule is CC[C@H](C)[C@H](N)C(=O)N[C@H](C(=O)N[C@@H](CC(C)C)C(=O)N1CCC[C@H]1C(=O)N[C@@H](CCC(=O)O)C(=O)N[C@@H](CCCCN)C(=O)N[C@@H](CC(=O)O)C(=O)N[C@@H](CO)C(=O)N[C@@H](Cc1c[nH]c2ccccc12)C(=O)O)C(C)C. The van der Waals surface area contributed by atoms with Gasteiger partial charge in [-0.25, -0.2) is 4.79 Å². The van der Waals surface area contributed by atoms with Crippen molar-refractivity contribution in [3.8, 4) is 0 Å². The summed E-state index contributed by atoms with van der Waals surface area (Å²) >= 11 is 0. The van der Waals surface area contributed by atoms with Crippen molar-refractivity contribution in [1.82, 2.24) is 47.1 Å². The van der Waals surface area contributed by atoms with Crippen molar-refractivity contribution in [2.75, 3.05) is 19.7 Å². The molecule has 16 N–H and O–H groups in total. The third kappa shape index (κ3) is 19.7. The lowest BCUT2D eigenvalue weighted by Crippen LogP contribution is -2.61. The number of unbranched alkanes of at least 4 members (excludes halogenated alkanes) is 1. The van der Waals surface area contributed by atoms with E-state index >= 15 is 0 Å². The highest BCUT2D eigenvalue weighted by molar-refractivity contribution is 5.99. The number of H-pyrrole nitrogens is 1. The number of carbonyl (C=O) groups excluding carboxylic acids is 8. The molecule has 1 fully saturated rings. The number of rotatable bonds is 33. The number of amides is 8. The summed E-state index contributed by atoms with van der Waals surface area (Å²) in [5.74, 6) is -12.3. The number of likely N-dealkylation sites (tertiary alicyclic amines) is 1. The summed E-state index contributed by atoms with van der Waals surface area (Å²) in [6, 6.07) is -5.80. The molecule has 8 amide bonds. The zero-order valence-corrected chi connectivity index (χ0v) is 44.6. The average molecular weight is 1090 g/mol. The Morgan fingerprint density at radius 1 is 0.701 bits per heavy atom. The van der Waals surface area contributed by atoms with Crippen LogP contribution in [0.5, 0.6) is 0 Å². The van der Waals surface area contributed by atoms with Crippen LogP contribution < -0.4 is 48.7 Å². The number of carbonyl (C=O) groups is 11. The van der Waals surface area contributed by atoms with E-state index in [0.717, 1.165) is 0 Å². The molecule has 26 nitrogen and oxygen atoms in total. The van der Waals surface area contributed by atoms with E-state index in [0.29, 0.717) is 35.7 Å². The number of aromatic nitrogens is 1. The van der Waals surface area contributed by atoms with Gasteiger partial charge in [0, 0.05) is 36.5 Å². The second-order valence-corrected chi connectivity index (χ2v) is 20.2. The van der Waals surface area contributed by atoms with E-state index in [2.05, 4.69) is 42.2 Å². The minimum absolute atomic E-state index is 0.0777. The molecular formula is C51H79N11O15. The highest BCUT2D eigenvalue weighted by Gasteiger charge is 2.41. The maximum Gasteiger partial charge on any atom is 0.326 e. The summed E-state index contributed by atoms with van der Waals surface area (Å²) in [4.78, 5) is 151. The molecule has 26 heteroatoms. The Hall–Kier alpha value is -7.19. The molecule has 77 heavy (non-hydrogen) atoms. The first kappa shape index (κ1) is 64.1. The number of carboxylic acids is 3. The number of aliphatic hydroxyl groups is 1. The van der Waals surface area contributed by atoms with Gasteiger partial charge < -0.3 is 79.0 Å². The third-order valence-corrected chi connectivity index (χ3v) is 13.4. The maximum atomic E-state index is 14.3. The Kier molecular flexibility index (Phi) is 25.9. The minimum Gasteiger partial charge on any atom is -0.481 e. The molecule has 1 aliphatic rings. The van der Waals surface area contributed by atoms with Crippen molar-refractivity contribution in [1.29, 1.82) is 0 Å². The Bertz CT molecular complexity index is 2400. The van der Waals surface area contributed by atoms with E-state index < -0.39 is 151 Å². The highest BCUT2D eigenvalue weighted by Crippen LogP contribution is 2.23. The van der Waals surface area contributed by atoms with Gasteiger partial charge in [0.2, 0.25) is 47.3 Å². The van der Waals surface area contributed by atoms with E-state index in [1.165, 1.54) is 4.90 Å². The molecule has 2 aromatic rings. The average Bonchev–Trinajstić information content (AvgIpc) is 4.04. The molecule has 1 aliphatic heterocycles. The molecule has 3 rings (SSSR count). The molecule has 0 aliphatic carbocycles. The minimum atomic E-state index is -1.95. The van der Waals surface area contributed by atoms with Gasteiger partial charge >= 0.3 is 17.9 Å². The highest BCUT2D eigenvalue weighted by atomic mass is 16.4. The van der Waals surface area contributed by atoms with Crippen LogP contribution in [0.2, 0.25) is 0 Å². The molecule has 10 atom stereocenters. The second kappa shape index (κ2) is 31.1. The molecule has 0 radical (unpaired) electrons. The lowest BCUT2D eigenvalue weighted by molar-refractivity contribution is -0.143. The molecule has 0 saturated carbocycles. The summed E-state index contributed by atoms with van der Waals surface area (Å²) in [6.45, 7) is 9.92. The van der Waals surface area contributed by atoms with Crippen LogP contribution in [0.1, 0.15) is 111 Å². The number of para-hydroxylation sites is 1. The number of nitrogens with zero attached hydrogens (tertiary/aromatic N) is 1. The zero-order valence-electron chi connectivity index (χ0n) is 44.6. The predicted octanol–water partition coefficient (Wildman–Crippen LogP) is -1.28.